The van der Waals surface area contributed by atoms with E-state index in [0.29, 0.717) is 11.7 Å². The van der Waals surface area contributed by atoms with Crippen LogP contribution in [0.5, 0.6) is 0 Å². The molecule has 102 valence electrons. The summed E-state index contributed by atoms with van der Waals surface area (Å²) >= 11 is 0. The molecule has 0 bridgehead atoms. The molecule has 0 radical (unpaired) electrons. The van der Waals surface area contributed by atoms with Crippen LogP contribution in [0, 0.1) is 0 Å². The Morgan fingerprint density at radius 2 is 1.79 bits per heavy atom. The Hall–Kier alpha value is -1.07. The topological polar surface area (TPSA) is 57.4 Å². The highest BCUT2D eigenvalue weighted by Gasteiger charge is 2.52. The average Bonchev–Trinajstić information content (AvgIpc) is 3.07. The summed E-state index contributed by atoms with van der Waals surface area (Å²) in [5.41, 5.74) is 7.46. The number of rotatable bonds is 2. The van der Waals surface area contributed by atoms with E-state index >= 15 is 0 Å². The van der Waals surface area contributed by atoms with Gasteiger partial charge in [-0.2, -0.15) is 0 Å². The largest absolute Gasteiger partial charge is 0.495 e. The minimum absolute atomic E-state index is 0.323. The van der Waals surface area contributed by atoms with E-state index in [-0.39, 0.29) is 18.3 Å². The Bertz CT molecular complexity index is 496. The monoisotopic (exact) mass is 260 g/mol. The molecule has 19 heavy (non-hydrogen) atoms. The molecule has 2 fully saturated rings. The summed E-state index contributed by atoms with van der Waals surface area (Å²) in [5, 5.41) is 0. The number of nitrogen functional groups attached to an aromatic ring is 1. The van der Waals surface area contributed by atoms with Crippen LogP contribution in [0.2, 0.25) is 0 Å². The lowest BCUT2D eigenvalue weighted by molar-refractivity contribution is 0.00578. The van der Waals surface area contributed by atoms with Gasteiger partial charge >= 0.3 is 7.12 Å². The quantitative estimate of drug-likeness (QED) is 0.824. The van der Waals surface area contributed by atoms with E-state index in [1.165, 1.54) is 18.4 Å². The minimum atomic E-state index is -0.342. The number of hydrogen-bond donors (Lipinski definition) is 1. The molecule has 2 aliphatic rings. The maximum atomic E-state index is 6.12. The van der Waals surface area contributed by atoms with Gasteiger partial charge in [0.15, 0.2) is 0 Å². The zero-order valence-corrected chi connectivity index (χ0v) is 12.1. The molecule has 0 spiro atoms. The van der Waals surface area contributed by atoms with Gasteiger partial charge in [0, 0.05) is 6.20 Å². The summed E-state index contributed by atoms with van der Waals surface area (Å²) in [7, 11) is -0.342. The molecule has 1 aromatic rings. The number of aromatic nitrogens is 1. The van der Waals surface area contributed by atoms with Gasteiger partial charge in [-0.15, -0.1) is 0 Å². The van der Waals surface area contributed by atoms with E-state index < -0.39 is 0 Å². The summed E-state index contributed by atoms with van der Waals surface area (Å²) in [6, 6.07) is 1.90. The summed E-state index contributed by atoms with van der Waals surface area (Å²) < 4.78 is 12.2. The normalized spacial score (nSPS) is 24.7. The van der Waals surface area contributed by atoms with E-state index in [9.17, 15) is 0 Å². The molecule has 1 saturated carbocycles. The second-order valence-electron chi connectivity index (χ2n) is 6.60. The first kappa shape index (κ1) is 12.9. The summed E-state index contributed by atoms with van der Waals surface area (Å²) in [6.45, 7) is 8.26. The third-order valence-corrected chi connectivity index (χ3v) is 4.51. The zero-order valence-electron chi connectivity index (χ0n) is 12.1. The van der Waals surface area contributed by atoms with Crippen LogP contribution in [0.25, 0.3) is 0 Å². The molecule has 0 atom stereocenters. The van der Waals surface area contributed by atoms with Crippen molar-refractivity contribution in [2.45, 2.75) is 57.7 Å². The lowest BCUT2D eigenvalue weighted by Gasteiger charge is -2.32. The van der Waals surface area contributed by atoms with Gasteiger partial charge in [-0.05, 0) is 63.5 Å². The number of nitrogens with two attached hydrogens (primary N) is 1. The summed E-state index contributed by atoms with van der Waals surface area (Å²) in [6.07, 6.45) is 4.32. The van der Waals surface area contributed by atoms with Crippen LogP contribution in [0.15, 0.2) is 12.3 Å². The van der Waals surface area contributed by atoms with Crippen LogP contribution in [0.1, 0.15) is 52.0 Å². The van der Waals surface area contributed by atoms with E-state index in [1.807, 2.05) is 12.3 Å². The third-order valence-electron chi connectivity index (χ3n) is 4.51. The van der Waals surface area contributed by atoms with Gasteiger partial charge in [0.25, 0.3) is 0 Å². The fraction of sp³-hybridized carbons (Fsp3) is 0.643. The van der Waals surface area contributed by atoms with Crippen molar-refractivity contribution in [2.24, 2.45) is 0 Å². The Morgan fingerprint density at radius 1 is 1.21 bits per heavy atom. The van der Waals surface area contributed by atoms with Crippen LogP contribution in [-0.2, 0) is 9.31 Å². The Kier molecular flexibility index (Phi) is 2.70. The van der Waals surface area contributed by atoms with Crippen LogP contribution in [0.3, 0.4) is 0 Å². The van der Waals surface area contributed by atoms with Crippen LogP contribution < -0.4 is 11.2 Å². The maximum absolute atomic E-state index is 6.12. The molecule has 2 heterocycles. The fourth-order valence-electron chi connectivity index (χ4n) is 2.41. The molecule has 1 saturated heterocycles. The predicted octanol–water partition coefficient (Wildman–Crippen LogP) is 1.84. The minimum Gasteiger partial charge on any atom is -0.399 e. The summed E-state index contributed by atoms with van der Waals surface area (Å²) in [5.74, 6) is 1.12. The smallest absolute Gasteiger partial charge is 0.399 e. The van der Waals surface area contributed by atoms with E-state index in [2.05, 4.69) is 32.7 Å². The highest BCUT2D eigenvalue weighted by molar-refractivity contribution is 6.62. The second kappa shape index (κ2) is 3.96. The van der Waals surface area contributed by atoms with E-state index in [1.54, 1.807) is 0 Å². The first-order valence-corrected chi connectivity index (χ1v) is 6.91. The fourth-order valence-corrected chi connectivity index (χ4v) is 2.41. The van der Waals surface area contributed by atoms with Gasteiger partial charge in [0.1, 0.15) is 5.82 Å². The van der Waals surface area contributed by atoms with Crippen molar-refractivity contribution >= 4 is 18.4 Å². The van der Waals surface area contributed by atoms with Crippen molar-refractivity contribution < 1.29 is 9.31 Å². The molecular formula is C14H21BN2O2. The lowest BCUT2D eigenvalue weighted by Crippen LogP contribution is -2.41. The predicted molar refractivity (Wildman–Crippen MR) is 76.3 cm³/mol. The molecule has 5 heteroatoms. The molecule has 0 aromatic carbocycles. The molecule has 1 aromatic heterocycles. The molecule has 0 amide bonds. The van der Waals surface area contributed by atoms with E-state index in [4.69, 9.17) is 15.0 Å². The maximum Gasteiger partial charge on any atom is 0.495 e. The van der Waals surface area contributed by atoms with Gasteiger partial charge in [0.05, 0.1) is 11.2 Å². The first-order valence-electron chi connectivity index (χ1n) is 6.91. The van der Waals surface area contributed by atoms with Crippen LogP contribution >= 0.6 is 0 Å². The van der Waals surface area contributed by atoms with Crippen molar-refractivity contribution in [3.8, 4) is 0 Å². The van der Waals surface area contributed by atoms with Gasteiger partial charge in [-0.1, -0.05) is 0 Å². The molecule has 0 unspecified atom stereocenters. The second-order valence-corrected chi connectivity index (χ2v) is 6.60. The Balaban J connectivity index is 1.97. The molecular weight excluding hydrogens is 239 g/mol. The standard InChI is InChI=1S/C14H21BN2O2/c1-13(2)14(3,4)19-15(18-13)11-7-12(16)17-8-10(11)9-5-6-9/h7-9H,5-6H2,1-4H3,(H2,16,17). The van der Waals surface area contributed by atoms with Gasteiger partial charge in [-0.3, -0.25) is 0 Å². The Labute approximate surface area is 114 Å². The number of anilines is 1. The molecule has 4 nitrogen and oxygen atoms in total. The van der Waals surface area contributed by atoms with Crippen molar-refractivity contribution in [2.75, 3.05) is 5.73 Å². The molecule has 1 aliphatic carbocycles. The molecule has 1 aliphatic heterocycles. The zero-order chi connectivity index (χ0) is 13.8. The summed E-state index contributed by atoms with van der Waals surface area (Å²) in [4.78, 5) is 4.21. The number of hydrogen-bond acceptors (Lipinski definition) is 4. The lowest BCUT2D eigenvalue weighted by atomic mass is 9.75. The first-order chi connectivity index (χ1) is 8.80. The van der Waals surface area contributed by atoms with Gasteiger partial charge in [-0.25, -0.2) is 4.98 Å². The van der Waals surface area contributed by atoms with Crippen molar-refractivity contribution in [3.63, 3.8) is 0 Å². The average molecular weight is 260 g/mol. The molecule has 3 rings (SSSR count). The van der Waals surface area contributed by atoms with Crippen molar-refractivity contribution in [3.05, 3.63) is 17.8 Å². The van der Waals surface area contributed by atoms with Gasteiger partial charge in [0.2, 0.25) is 0 Å². The van der Waals surface area contributed by atoms with Crippen LogP contribution in [0.4, 0.5) is 5.82 Å². The van der Waals surface area contributed by atoms with Gasteiger partial charge < -0.3 is 15.0 Å². The number of nitrogens with zero attached hydrogens (tertiary/aromatic N) is 1. The SMILES string of the molecule is CC1(C)OB(c2cc(N)ncc2C2CC2)OC1(C)C. The van der Waals surface area contributed by atoms with E-state index in [0.717, 1.165) is 5.46 Å². The third kappa shape index (κ3) is 2.15. The molecule has 2 N–H and O–H groups in total. The van der Waals surface area contributed by atoms with Crippen molar-refractivity contribution in [1.29, 1.82) is 0 Å². The van der Waals surface area contributed by atoms with Crippen LogP contribution in [-0.4, -0.2) is 23.3 Å². The highest BCUT2D eigenvalue weighted by atomic mass is 16.7. The number of pyridine rings is 1. The van der Waals surface area contributed by atoms with Crippen molar-refractivity contribution in [1.82, 2.24) is 4.98 Å². The Morgan fingerprint density at radius 3 is 2.32 bits per heavy atom. The highest BCUT2D eigenvalue weighted by Crippen LogP contribution is 2.41.